The van der Waals surface area contributed by atoms with Crippen LogP contribution in [0.5, 0.6) is 0 Å². The first kappa shape index (κ1) is 22.5. The van der Waals surface area contributed by atoms with E-state index in [9.17, 15) is 26.7 Å². The number of carbonyl (C=O) groups is 1. The van der Waals surface area contributed by atoms with Crippen LogP contribution in [0.25, 0.3) is 11.1 Å². The van der Waals surface area contributed by atoms with Crippen LogP contribution in [0.15, 0.2) is 48.5 Å². The summed E-state index contributed by atoms with van der Waals surface area (Å²) in [5.74, 6) is -3.15. The van der Waals surface area contributed by atoms with Crippen LogP contribution in [0.3, 0.4) is 0 Å². The minimum Gasteiger partial charge on any atom is -0.373 e. The fourth-order valence-electron chi connectivity index (χ4n) is 5.04. The van der Waals surface area contributed by atoms with E-state index >= 15 is 0 Å². The van der Waals surface area contributed by atoms with Crippen molar-refractivity contribution < 1.29 is 31.5 Å². The lowest BCUT2D eigenvalue weighted by atomic mass is 9.76. The largest absolute Gasteiger partial charge is 0.435 e. The molecule has 0 unspecified atom stereocenters. The zero-order valence-corrected chi connectivity index (χ0v) is 17.9. The van der Waals surface area contributed by atoms with Gasteiger partial charge in [0.2, 0.25) is 5.91 Å². The maximum absolute atomic E-state index is 14.7. The number of aryl methyl sites for hydroxylation is 1. The van der Waals surface area contributed by atoms with E-state index < -0.39 is 53.5 Å². The van der Waals surface area contributed by atoms with E-state index in [-0.39, 0.29) is 22.5 Å². The maximum atomic E-state index is 14.7. The molecule has 1 N–H and O–H groups in total. The number of carbonyl (C=O) groups excluding carboxylic acids is 1. The van der Waals surface area contributed by atoms with Gasteiger partial charge in [-0.05, 0) is 43.2 Å². The minimum absolute atomic E-state index is 0.0480. The van der Waals surface area contributed by atoms with Gasteiger partial charge in [-0.15, -0.1) is 0 Å². The van der Waals surface area contributed by atoms with Crippen LogP contribution in [-0.2, 0) is 22.8 Å². The fourth-order valence-corrected chi connectivity index (χ4v) is 5.04. The van der Waals surface area contributed by atoms with E-state index in [2.05, 4.69) is 10.4 Å². The third-order valence-electron chi connectivity index (χ3n) is 6.52. The van der Waals surface area contributed by atoms with Crippen molar-refractivity contribution in [3.05, 3.63) is 71.6 Å². The second kappa shape index (κ2) is 8.19. The molecule has 4 atom stereocenters. The Morgan fingerprint density at radius 3 is 2.41 bits per heavy atom. The molecule has 34 heavy (non-hydrogen) atoms. The number of alkyl halides is 3. The van der Waals surface area contributed by atoms with Crippen molar-refractivity contribution in [1.29, 1.82) is 0 Å². The summed E-state index contributed by atoms with van der Waals surface area (Å²) in [6, 6.07) is 10.6. The molecule has 178 valence electrons. The Bertz CT molecular complexity index is 1260. The molecular weight excluding hydrogens is 457 g/mol. The predicted octanol–water partition coefficient (Wildman–Crippen LogP) is 5.28. The van der Waals surface area contributed by atoms with Gasteiger partial charge >= 0.3 is 6.18 Å². The molecule has 2 aliphatic rings. The fraction of sp³-hybridized carbons (Fsp3) is 0.333. The Morgan fingerprint density at radius 1 is 1.03 bits per heavy atom. The Labute approximate surface area is 191 Å². The lowest BCUT2D eigenvalue weighted by Gasteiger charge is -2.27. The number of aromatic nitrogens is 2. The Kier molecular flexibility index (Phi) is 5.43. The molecule has 1 aromatic heterocycles. The van der Waals surface area contributed by atoms with Gasteiger partial charge in [0.25, 0.3) is 0 Å². The monoisotopic (exact) mass is 477 g/mol. The van der Waals surface area contributed by atoms with Crippen LogP contribution in [-0.4, -0.2) is 27.9 Å². The Hall–Kier alpha value is -3.27. The highest BCUT2D eigenvalue weighted by Gasteiger charge is 2.54. The van der Waals surface area contributed by atoms with E-state index in [0.29, 0.717) is 12.8 Å². The summed E-state index contributed by atoms with van der Waals surface area (Å²) >= 11 is 0. The molecule has 1 amide bonds. The van der Waals surface area contributed by atoms with Gasteiger partial charge in [0.1, 0.15) is 11.6 Å². The van der Waals surface area contributed by atoms with Crippen LogP contribution >= 0.6 is 0 Å². The van der Waals surface area contributed by atoms with Gasteiger partial charge in [0.05, 0.1) is 18.1 Å². The predicted molar refractivity (Wildman–Crippen MR) is 113 cm³/mol. The molecule has 2 fully saturated rings. The molecule has 3 heterocycles. The summed E-state index contributed by atoms with van der Waals surface area (Å²) in [4.78, 5) is 13.2. The number of hydrogen-bond acceptors (Lipinski definition) is 3. The highest BCUT2D eigenvalue weighted by molar-refractivity contribution is 5.94. The second-order valence-electron chi connectivity index (χ2n) is 8.58. The standard InChI is InChI=1S/C24H20F5N3O2/c1-32-17(11-20(31-32)24(27,28)29)21-18-8-9-19(34-18)22(21)23(33)30-12-6-7-14(16(26)10-12)13-4-2-3-5-15(13)25/h2-7,10-11,18-19,21-22H,8-9H2,1H3,(H,30,33)/t18-,19+,21-,22-/m0/s1. The number of nitrogens with one attached hydrogen (secondary N) is 1. The molecule has 2 bridgehead atoms. The van der Waals surface area contributed by atoms with Crippen LogP contribution in [0.4, 0.5) is 27.6 Å². The highest BCUT2D eigenvalue weighted by Crippen LogP contribution is 2.49. The van der Waals surface area contributed by atoms with Crippen molar-refractivity contribution in [3.63, 3.8) is 0 Å². The smallest absolute Gasteiger partial charge is 0.373 e. The van der Waals surface area contributed by atoms with Crippen LogP contribution < -0.4 is 5.32 Å². The molecule has 2 saturated heterocycles. The number of rotatable bonds is 4. The topological polar surface area (TPSA) is 56.2 Å². The summed E-state index contributed by atoms with van der Waals surface area (Å²) in [6.07, 6.45) is -4.25. The van der Waals surface area contributed by atoms with Gasteiger partial charge in [-0.2, -0.15) is 18.3 Å². The molecule has 0 spiro atoms. The Balaban J connectivity index is 1.40. The van der Waals surface area contributed by atoms with Gasteiger partial charge < -0.3 is 10.1 Å². The van der Waals surface area contributed by atoms with Crippen molar-refractivity contribution in [2.45, 2.75) is 37.1 Å². The van der Waals surface area contributed by atoms with Crippen molar-refractivity contribution in [2.75, 3.05) is 5.32 Å². The first-order chi connectivity index (χ1) is 16.1. The number of halogens is 5. The minimum atomic E-state index is -4.61. The number of benzene rings is 2. The van der Waals surface area contributed by atoms with Crippen LogP contribution in [0.2, 0.25) is 0 Å². The van der Waals surface area contributed by atoms with Gasteiger partial charge in [-0.1, -0.05) is 18.2 Å². The SMILES string of the molecule is Cn1nc(C(F)(F)F)cc1[C@@H]1[C@@H](C(=O)Nc2ccc(-c3ccccc3F)c(F)c2)[C@H]2CC[C@@H]1O2. The average molecular weight is 477 g/mol. The molecule has 5 rings (SSSR count). The first-order valence-electron chi connectivity index (χ1n) is 10.8. The summed E-state index contributed by atoms with van der Waals surface area (Å²) < 4.78 is 75.3. The van der Waals surface area contributed by atoms with E-state index in [4.69, 9.17) is 4.74 Å². The lowest BCUT2D eigenvalue weighted by molar-refractivity contribution is -0.141. The molecule has 5 nitrogen and oxygen atoms in total. The summed E-state index contributed by atoms with van der Waals surface area (Å²) in [5, 5.41) is 6.22. The quantitative estimate of drug-likeness (QED) is 0.520. The number of amides is 1. The van der Waals surface area contributed by atoms with E-state index in [1.54, 1.807) is 6.07 Å². The van der Waals surface area contributed by atoms with Crippen molar-refractivity contribution in [3.8, 4) is 11.1 Å². The van der Waals surface area contributed by atoms with Crippen LogP contribution in [0.1, 0.15) is 30.1 Å². The zero-order chi connectivity index (χ0) is 24.2. The van der Waals surface area contributed by atoms with E-state index in [1.807, 2.05) is 0 Å². The third-order valence-corrected chi connectivity index (χ3v) is 6.52. The van der Waals surface area contributed by atoms with E-state index in [0.717, 1.165) is 16.8 Å². The lowest BCUT2D eigenvalue weighted by Crippen LogP contribution is -2.36. The number of fused-ring (bicyclic) bond motifs is 2. The van der Waals surface area contributed by atoms with Gasteiger partial charge in [-0.3, -0.25) is 9.48 Å². The van der Waals surface area contributed by atoms with Crippen LogP contribution in [0, 0.1) is 17.6 Å². The Morgan fingerprint density at radius 2 is 1.74 bits per heavy atom. The molecule has 2 aromatic carbocycles. The highest BCUT2D eigenvalue weighted by atomic mass is 19.4. The van der Waals surface area contributed by atoms with Gasteiger partial charge in [-0.25, -0.2) is 8.78 Å². The van der Waals surface area contributed by atoms with E-state index in [1.165, 1.54) is 37.4 Å². The van der Waals surface area contributed by atoms with Gasteiger partial charge in [0, 0.05) is 35.5 Å². The normalized spacial score (nSPS) is 23.9. The molecular formula is C24H20F5N3O2. The van der Waals surface area contributed by atoms with Crippen molar-refractivity contribution in [1.82, 2.24) is 9.78 Å². The number of anilines is 1. The van der Waals surface area contributed by atoms with Gasteiger partial charge in [0.15, 0.2) is 5.69 Å². The molecule has 0 saturated carbocycles. The molecule has 10 heteroatoms. The first-order valence-corrected chi connectivity index (χ1v) is 10.8. The molecule has 2 aliphatic heterocycles. The summed E-state index contributed by atoms with van der Waals surface area (Å²) in [5.41, 5.74) is -0.466. The summed E-state index contributed by atoms with van der Waals surface area (Å²) in [6.45, 7) is 0. The number of hydrogen-bond donors (Lipinski definition) is 1. The molecule has 0 radical (unpaired) electrons. The van der Waals surface area contributed by atoms with Crippen molar-refractivity contribution in [2.24, 2.45) is 13.0 Å². The molecule has 0 aliphatic carbocycles. The number of nitrogens with zero attached hydrogens (tertiary/aromatic N) is 2. The van der Waals surface area contributed by atoms with Crippen molar-refractivity contribution >= 4 is 11.6 Å². The third kappa shape index (κ3) is 3.85. The molecule has 3 aromatic rings. The second-order valence-corrected chi connectivity index (χ2v) is 8.58. The number of ether oxygens (including phenoxy) is 1. The maximum Gasteiger partial charge on any atom is 0.435 e. The zero-order valence-electron chi connectivity index (χ0n) is 17.9. The summed E-state index contributed by atoms with van der Waals surface area (Å²) in [7, 11) is 1.41. The average Bonchev–Trinajstić information content (AvgIpc) is 3.48.